The molecule has 174 valence electrons. The summed E-state index contributed by atoms with van der Waals surface area (Å²) in [5.41, 5.74) is -1.29. The number of H-pyrrole nitrogens is 1. The van der Waals surface area contributed by atoms with Crippen LogP contribution in [0.2, 0.25) is 0 Å². The third-order valence-electron chi connectivity index (χ3n) is 5.45. The fourth-order valence-electron chi connectivity index (χ4n) is 3.69. The Hall–Kier alpha value is -2.88. The molecule has 1 aliphatic rings. The minimum absolute atomic E-state index is 0.0164. The Bertz CT molecular complexity index is 1010. The second-order valence-electron chi connectivity index (χ2n) is 8.94. The van der Waals surface area contributed by atoms with Gasteiger partial charge in [-0.05, 0) is 29.5 Å². The van der Waals surface area contributed by atoms with Gasteiger partial charge in [-0.25, -0.2) is 4.98 Å². The highest BCUT2D eigenvalue weighted by atomic mass is 19.4. The van der Waals surface area contributed by atoms with Gasteiger partial charge in [0.1, 0.15) is 5.69 Å². The molecule has 0 aliphatic carbocycles. The van der Waals surface area contributed by atoms with Gasteiger partial charge in [0.2, 0.25) is 5.95 Å². The Morgan fingerprint density at radius 1 is 1.25 bits per heavy atom. The molecule has 1 aromatic carbocycles. The first-order valence-corrected chi connectivity index (χ1v) is 10.3. The summed E-state index contributed by atoms with van der Waals surface area (Å²) in [5, 5.41) is 2.83. The van der Waals surface area contributed by atoms with Crippen LogP contribution in [-0.4, -0.2) is 42.2 Å². The maximum absolute atomic E-state index is 13.0. The zero-order valence-electron chi connectivity index (χ0n) is 18.4. The molecule has 32 heavy (non-hydrogen) atoms. The minimum atomic E-state index is -4.44. The molecular weight excluding hydrogens is 425 g/mol. The lowest BCUT2D eigenvalue weighted by Gasteiger charge is -2.32. The Morgan fingerprint density at radius 3 is 2.44 bits per heavy atom. The first kappa shape index (κ1) is 23.8. The van der Waals surface area contributed by atoms with Crippen LogP contribution in [0.3, 0.4) is 0 Å². The lowest BCUT2D eigenvalue weighted by molar-refractivity contribution is -0.137. The number of hydrogen-bond acceptors (Lipinski definition) is 5. The van der Waals surface area contributed by atoms with E-state index >= 15 is 0 Å². The van der Waals surface area contributed by atoms with Crippen LogP contribution < -0.4 is 15.8 Å². The zero-order valence-corrected chi connectivity index (χ0v) is 18.4. The number of hydrogen-bond donors (Lipinski definition) is 2. The van der Waals surface area contributed by atoms with Gasteiger partial charge in [-0.2, -0.15) is 13.2 Å². The molecule has 0 bridgehead atoms. The minimum Gasteiger partial charge on any atom is -0.380 e. The van der Waals surface area contributed by atoms with E-state index in [9.17, 15) is 22.8 Å². The summed E-state index contributed by atoms with van der Waals surface area (Å²) in [6.07, 6.45) is -3.65. The number of halogens is 3. The van der Waals surface area contributed by atoms with E-state index in [0.29, 0.717) is 18.7 Å². The molecule has 0 spiro atoms. The van der Waals surface area contributed by atoms with Crippen LogP contribution in [0.4, 0.5) is 19.1 Å². The van der Waals surface area contributed by atoms with Gasteiger partial charge in [0.15, 0.2) is 0 Å². The quantitative estimate of drug-likeness (QED) is 0.725. The lowest BCUT2D eigenvalue weighted by Crippen LogP contribution is -2.38. The number of ether oxygens (including phenoxy) is 1. The number of nitrogens with one attached hydrogen (secondary N) is 2. The van der Waals surface area contributed by atoms with E-state index in [1.807, 2.05) is 25.7 Å². The zero-order chi connectivity index (χ0) is 23.7. The SMILES string of the molecule is CO[C@@H]1CCN(c2nc(C(=O)N[C@@H](c3ccc(C(F)(F)F)cc3)C(C)(C)C)cc(=O)[nH]2)C1. The summed E-state index contributed by atoms with van der Waals surface area (Å²) in [7, 11) is 1.61. The van der Waals surface area contributed by atoms with Crippen molar-refractivity contribution in [2.24, 2.45) is 5.41 Å². The Morgan fingerprint density at radius 2 is 1.91 bits per heavy atom. The second-order valence-corrected chi connectivity index (χ2v) is 8.94. The van der Waals surface area contributed by atoms with Crippen LogP contribution in [0.1, 0.15) is 54.8 Å². The molecular formula is C22H27F3N4O3. The molecule has 2 aromatic rings. The maximum Gasteiger partial charge on any atom is 0.416 e. The number of carbonyl (C=O) groups excluding carboxylic acids is 1. The summed E-state index contributed by atoms with van der Waals surface area (Å²) in [6, 6.07) is 5.18. The Balaban J connectivity index is 1.85. The van der Waals surface area contributed by atoms with Crippen molar-refractivity contribution in [1.82, 2.24) is 15.3 Å². The monoisotopic (exact) mass is 452 g/mol. The lowest BCUT2D eigenvalue weighted by atomic mass is 9.82. The number of alkyl halides is 3. The Kier molecular flexibility index (Phi) is 6.64. The fourth-order valence-corrected chi connectivity index (χ4v) is 3.69. The maximum atomic E-state index is 13.0. The molecule has 0 unspecified atom stereocenters. The van der Waals surface area contributed by atoms with Crippen LogP contribution in [0, 0.1) is 5.41 Å². The van der Waals surface area contributed by atoms with E-state index in [1.165, 1.54) is 12.1 Å². The summed E-state index contributed by atoms with van der Waals surface area (Å²) in [5.74, 6) is -0.302. The molecule has 10 heteroatoms. The molecule has 1 aliphatic heterocycles. The summed E-state index contributed by atoms with van der Waals surface area (Å²) in [4.78, 5) is 34.0. The topological polar surface area (TPSA) is 87.3 Å². The molecule has 1 aromatic heterocycles. The first-order chi connectivity index (χ1) is 14.9. The van der Waals surface area contributed by atoms with Crippen LogP contribution in [-0.2, 0) is 10.9 Å². The van der Waals surface area contributed by atoms with Crippen molar-refractivity contribution in [3.63, 3.8) is 0 Å². The van der Waals surface area contributed by atoms with E-state index in [-0.39, 0.29) is 17.7 Å². The standard InChI is InChI=1S/C22H27F3N4O3/c1-21(2,3)18(13-5-7-14(8-6-13)22(23,24)25)28-19(31)16-11-17(30)27-20(26-16)29-10-9-15(12-29)32-4/h5-8,11,15,18H,9-10,12H2,1-4H3,(H,28,31)(H,26,27,30)/t15-,18+/m1/s1. The van der Waals surface area contributed by atoms with Crippen LogP contribution in [0.15, 0.2) is 35.1 Å². The van der Waals surface area contributed by atoms with Gasteiger partial charge in [-0.3, -0.25) is 14.6 Å². The third kappa shape index (κ3) is 5.48. The molecule has 2 heterocycles. The van der Waals surface area contributed by atoms with E-state index in [2.05, 4.69) is 15.3 Å². The predicted octanol–water partition coefficient (Wildman–Crippen LogP) is 3.53. The number of aromatic nitrogens is 2. The van der Waals surface area contributed by atoms with Crippen molar-refractivity contribution in [3.05, 3.63) is 57.5 Å². The van der Waals surface area contributed by atoms with Gasteiger partial charge in [0, 0.05) is 26.3 Å². The van der Waals surface area contributed by atoms with Gasteiger partial charge < -0.3 is 15.0 Å². The fraction of sp³-hybridized carbons (Fsp3) is 0.500. The van der Waals surface area contributed by atoms with Crippen molar-refractivity contribution < 1.29 is 22.7 Å². The molecule has 1 fully saturated rings. The first-order valence-electron chi connectivity index (χ1n) is 10.3. The smallest absolute Gasteiger partial charge is 0.380 e. The number of amides is 1. The number of carbonyl (C=O) groups is 1. The number of benzene rings is 1. The molecule has 1 amide bonds. The second kappa shape index (κ2) is 8.93. The van der Waals surface area contributed by atoms with Crippen molar-refractivity contribution >= 4 is 11.9 Å². The average Bonchev–Trinajstić information content (AvgIpc) is 3.19. The van der Waals surface area contributed by atoms with Crippen LogP contribution in [0.25, 0.3) is 0 Å². The van der Waals surface area contributed by atoms with E-state index in [4.69, 9.17) is 4.74 Å². The highest BCUT2D eigenvalue weighted by Crippen LogP contribution is 2.35. The third-order valence-corrected chi connectivity index (χ3v) is 5.45. The van der Waals surface area contributed by atoms with Crippen molar-refractivity contribution in [3.8, 4) is 0 Å². The number of methoxy groups -OCH3 is 1. The van der Waals surface area contributed by atoms with Gasteiger partial charge in [0.05, 0.1) is 17.7 Å². The highest BCUT2D eigenvalue weighted by Gasteiger charge is 2.33. The molecule has 0 radical (unpaired) electrons. The Labute approximate surface area is 184 Å². The van der Waals surface area contributed by atoms with Crippen LogP contribution in [0.5, 0.6) is 0 Å². The van der Waals surface area contributed by atoms with Crippen molar-refractivity contribution in [1.29, 1.82) is 0 Å². The predicted molar refractivity (Wildman–Crippen MR) is 114 cm³/mol. The average molecular weight is 452 g/mol. The van der Waals surface area contributed by atoms with Gasteiger partial charge in [-0.1, -0.05) is 32.9 Å². The molecule has 3 rings (SSSR count). The number of rotatable bonds is 5. The van der Waals surface area contributed by atoms with Crippen molar-refractivity contribution in [2.75, 3.05) is 25.1 Å². The number of aromatic amines is 1. The molecule has 1 saturated heterocycles. The molecule has 7 nitrogen and oxygen atoms in total. The number of nitrogens with zero attached hydrogens (tertiary/aromatic N) is 2. The molecule has 2 atom stereocenters. The molecule has 0 saturated carbocycles. The largest absolute Gasteiger partial charge is 0.416 e. The highest BCUT2D eigenvalue weighted by molar-refractivity contribution is 5.92. The van der Waals surface area contributed by atoms with E-state index in [0.717, 1.165) is 24.6 Å². The normalized spacial score (nSPS) is 18.0. The summed E-state index contributed by atoms with van der Waals surface area (Å²) >= 11 is 0. The van der Waals surface area contributed by atoms with Crippen molar-refractivity contribution in [2.45, 2.75) is 45.5 Å². The van der Waals surface area contributed by atoms with E-state index in [1.54, 1.807) is 7.11 Å². The van der Waals surface area contributed by atoms with Gasteiger partial charge in [0.25, 0.3) is 11.5 Å². The summed E-state index contributed by atoms with van der Waals surface area (Å²) in [6.45, 7) is 6.76. The van der Waals surface area contributed by atoms with Gasteiger partial charge >= 0.3 is 6.18 Å². The number of anilines is 1. The van der Waals surface area contributed by atoms with Gasteiger partial charge in [-0.15, -0.1) is 0 Å². The summed E-state index contributed by atoms with van der Waals surface area (Å²) < 4.78 is 44.1. The van der Waals surface area contributed by atoms with Crippen LogP contribution >= 0.6 is 0 Å². The molecule has 2 N–H and O–H groups in total. The van der Waals surface area contributed by atoms with E-state index < -0.39 is 34.7 Å².